The number of hydrogen-bond acceptors (Lipinski definition) is 5. The number of carbonyl (C=O) groups is 3. The van der Waals surface area contributed by atoms with E-state index in [1.54, 1.807) is 27.7 Å². The Morgan fingerprint density at radius 1 is 1.04 bits per heavy atom. The fraction of sp³-hybridized carbons (Fsp3) is 0.833. The van der Waals surface area contributed by atoms with E-state index in [1.165, 1.54) is 0 Å². The van der Waals surface area contributed by atoms with Crippen molar-refractivity contribution in [2.24, 2.45) is 17.8 Å². The highest BCUT2D eigenvalue weighted by Crippen LogP contribution is 2.16. The molecule has 3 atom stereocenters. The molecule has 0 aliphatic carbocycles. The first-order valence-electron chi connectivity index (χ1n) is 8.96. The second-order valence-electron chi connectivity index (χ2n) is 7.18. The van der Waals surface area contributed by atoms with Crippen LogP contribution in [0.3, 0.4) is 0 Å². The van der Waals surface area contributed by atoms with Gasteiger partial charge in [0, 0.05) is 12.0 Å². The average molecular weight is 359 g/mol. The highest BCUT2D eigenvalue weighted by atomic mass is 16.7. The van der Waals surface area contributed by atoms with Gasteiger partial charge in [-0.25, -0.2) is 4.79 Å². The van der Waals surface area contributed by atoms with Gasteiger partial charge in [-0.15, -0.1) is 0 Å². The largest absolute Gasteiger partial charge is 0.481 e. The van der Waals surface area contributed by atoms with Gasteiger partial charge in [-0.3, -0.25) is 9.59 Å². The molecule has 0 saturated heterocycles. The lowest BCUT2D eigenvalue weighted by atomic mass is 9.95. The molecule has 0 fully saturated rings. The van der Waals surface area contributed by atoms with E-state index in [0.29, 0.717) is 6.42 Å². The SMILES string of the molecule is CCCC(C)CC(CC(=O)O)NC(=O)O[C@H](OC(=O)C(C)C)C(C)C. The van der Waals surface area contributed by atoms with E-state index in [1.807, 2.05) is 6.92 Å². The molecule has 0 aromatic carbocycles. The number of carboxylic acid groups (broad SMARTS) is 1. The van der Waals surface area contributed by atoms with E-state index >= 15 is 0 Å². The average Bonchev–Trinajstić information content (AvgIpc) is 2.45. The van der Waals surface area contributed by atoms with Crippen molar-refractivity contribution in [3.05, 3.63) is 0 Å². The monoisotopic (exact) mass is 359 g/mol. The molecule has 1 amide bonds. The van der Waals surface area contributed by atoms with Gasteiger partial charge in [0.1, 0.15) is 0 Å². The van der Waals surface area contributed by atoms with Crippen molar-refractivity contribution in [1.29, 1.82) is 0 Å². The lowest BCUT2D eigenvalue weighted by Gasteiger charge is -2.25. The highest BCUT2D eigenvalue weighted by Gasteiger charge is 2.26. The minimum Gasteiger partial charge on any atom is -0.481 e. The lowest BCUT2D eigenvalue weighted by Crippen LogP contribution is -2.41. The summed E-state index contributed by atoms with van der Waals surface area (Å²) in [6.45, 7) is 11.0. The summed E-state index contributed by atoms with van der Waals surface area (Å²) in [5.74, 6) is -1.70. The Bertz CT molecular complexity index is 435. The molecule has 0 saturated carbocycles. The summed E-state index contributed by atoms with van der Waals surface area (Å²) in [6, 6.07) is -0.528. The van der Waals surface area contributed by atoms with Crippen LogP contribution in [0, 0.1) is 17.8 Å². The Hall–Kier alpha value is -1.79. The minimum absolute atomic E-state index is 0.179. The number of carbonyl (C=O) groups excluding carboxylic acids is 2. The number of amides is 1. The molecule has 2 N–H and O–H groups in total. The molecule has 0 radical (unpaired) electrons. The van der Waals surface area contributed by atoms with Crippen molar-refractivity contribution < 1.29 is 29.0 Å². The summed E-state index contributed by atoms with van der Waals surface area (Å²) >= 11 is 0. The second kappa shape index (κ2) is 11.7. The molecule has 0 aliphatic rings. The fourth-order valence-electron chi connectivity index (χ4n) is 2.35. The van der Waals surface area contributed by atoms with Gasteiger partial charge in [-0.1, -0.05) is 54.4 Å². The van der Waals surface area contributed by atoms with Crippen LogP contribution in [0.25, 0.3) is 0 Å². The first-order valence-corrected chi connectivity index (χ1v) is 8.96. The molecule has 0 spiro atoms. The Kier molecular flexibility index (Phi) is 10.9. The molecule has 146 valence electrons. The van der Waals surface area contributed by atoms with Crippen LogP contribution in [0.2, 0.25) is 0 Å². The molecule has 7 nitrogen and oxygen atoms in total. The van der Waals surface area contributed by atoms with Gasteiger partial charge in [-0.05, 0) is 12.3 Å². The first kappa shape index (κ1) is 23.2. The standard InChI is InChI=1S/C18H33NO6/c1-7-8-13(6)9-14(10-15(20)21)19-18(23)25-17(12(4)5)24-16(22)11(2)3/h11-14,17H,7-10H2,1-6H3,(H,19,23)(H,20,21)/t13?,14?,17-/m0/s1. The van der Waals surface area contributed by atoms with Crippen LogP contribution in [0.15, 0.2) is 0 Å². The number of hydrogen-bond donors (Lipinski definition) is 2. The molecule has 0 bridgehead atoms. The van der Waals surface area contributed by atoms with Gasteiger partial charge in [0.25, 0.3) is 6.29 Å². The number of carboxylic acids is 1. The third-order valence-corrected chi connectivity index (χ3v) is 3.68. The van der Waals surface area contributed by atoms with Crippen molar-refractivity contribution in [2.75, 3.05) is 0 Å². The van der Waals surface area contributed by atoms with Crippen LogP contribution in [0.4, 0.5) is 4.79 Å². The molecule has 0 aromatic heterocycles. The maximum atomic E-state index is 12.1. The third kappa shape index (κ3) is 10.6. The van der Waals surface area contributed by atoms with Crippen molar-refractivity contribution in [2.45, 2.75) is 79.6 Å². The molecule has 0 heterocycles. The fourth-order valence-corrected chi connectivity index (χ4v) is 2.35. The molecule has 0 aliphatic heterocycles. The summed E-state index contributed by atoms with van der Waals surface area (Å²) in [5.41, 5.74) is 0. The Morgan fingerprint density at radius 2 is 1.64 bits per heavy atom. The molecule has 0 aromatic rings. The lowest BCUT2D eigenvalue weighted by molar-refractivity contribution is -0.178. The normalized spacial score (nSPS) is 14.7. The maximum absolute atomic E-state index is 12.1. The zero-order valence-corrected chi connectivity index (χ0v) is 16.2. The zero-order valence-electron chi connectivity index (χ0n) is 16.2. The van der Waals surface area contributed by atoms with E-state index < -0.39 is 30.4 Å². The number of nitrogens with one attached hydrogen (secondary N) is 1. The summed E-state index contributed by atoms with van der Waals surface area (Å²) in [4.78, 5) is 34.9. The number of alkyl carbamates (subject to hydrolysis) is 1. The molecular weight excluding hydrogens is 326 g/mol. The van der Waals surface area contributed by atoms with E-state index in [-0.39, 0.29) is 24.2 Å². The summed E-state index contributed by atoms with van der Waals surface area (Å²) in [6.07, 6.45) is 0.535. The summed E-state index contributed by atoms with van der Waals surface area (Å²) in [5, 5.41) is 11.6. The smallest absolute Gasteiger partial charge is 0.410 e. The van der Waals surface area contributed by atoms with Gasteiger partial charge < -0.3 is 19.9 Å². The topological polar surface area (TPSA) is 102 Å². The van der Waals surface area contributed by atoms with Gasteiger partial charge in [0.05, 0.1) is 12.3 Å². The van der Waals surface area contributed by atoms with Crippen LogP contribution in [0.1, 0.15) is 67.2 Å². The second-order valence-corrected chi connectivity index (χ2v) is 7.18. The summed E-state index contributed by atoms with van der Waals surface area (Å²) in [7, 11) is 0. The van der Waals surface area contributed by atoms with Gasteiger partial charge in [0.2, 0.25) is 0 Å². The molecular formula is C18H33NO6. The number of ether oxygens (including phenoxy) is 2. The summed E-state index contributed by atoms with van der Waals surface area (Å²) < 4.78 is 10.4. The van der Waals surface area contributed by atoms with Gasteiger partial charge in [0.15, 0.2) is 0 Å². The highest BCUT2D eigenvalue weighted by molar-refractivity contribution is 5.73. The van der Waals surface area contributed by atoms with E-state index in [9.17, 15) is 14.4 Å². The van der Waals surface area contributed by atoms with Crippen molar-refractivity contribution in [3.63, 3.8) is 0 Å². The van der Waals surface area contributed by atoms with Gasteiger partial charge >= 0.3 is 18.0 Å². The number of esters is 1. The molecule has 25 heavy (non-hydrogen) atoms. The Balaban J connectivity index is 4.78. The Morgan fingerprint density at radius 3 is 2.08 bits per heavy atom. The van der Waals surface area contributed by atoms with Crippen LogP contribution in [-0.4, -0.2) is 35.5 Å². The Labute approximate surface area is 150 Å². The van der Waals surface area contributed by atoms with E-state index in [4.69, 9.17) is 14.6 Å². The first-order chi connectivity index (χ1) is 11.6. The minimum atomic E-state index is -1.01. The molecule has 0 rings (SSSR count). The predicted octanol–water partition coefficient (Wildman–Crippen LogP) is 3.56. The van der Waals surface area contributed by atoms with Crippen LogP contribution < -0.4 is 5.32 Å². The van der Waals surface area contributed by atoms with E-state index in [0.717, 1.165) is 12.8 Å². The van der Waals surface area contributed by atoms with Crippen molar-refractivity contribution in [1.82, 2.24) is 5.32 Å². The van der Waals surface area contributed by atoms with E-state index in [2.05, 4.69) is 12.2 Å². The van der Waals surface area contributed by atoms with Crippen LogP contribution in [0.5, 0.6) is 0 Å². The van der Waals surface area contributed by atoms with Crippen LogP contribution >= 0.6 is 0 Å². The van der Waals surface area contributed by atoms with Crippen molar-refractivity contribution in [3.8, 4) is 0 Å². The van der Waals surface area contributed by atoms with Crippen molar-refractivity contribution >= 4 is 18.0 Å². The molecule has 7 heteroatoms. The van der Waals surface area contributed by atoms with Gasteiger partial charge in [-0.2, -0.15) is 0 Å². The maximum Gasteiger partial charge on any atom is 0.410 e. The zero-order chi connectivity index (χ0) is 19.6. The quantitative estimate of drug-likeness (QED) is 0.432. The molecule has 2 unspecified atom stereocenters. The number of rotatable bonds is 11. The number of aliphatic carboxylic acids is 1. The van der Waals surface area contributed by atoms with Crippen LogP contribution in [-0.2, 0) is 19.1 Å². The predicted molar refractivity (Wildman–Crippen MR) is 93.9 cm³/mol. The third-order valence-electron chi connectivity index (χ3n) is 3.68.